The topological polar surface area (TPSA) is 24.5 Å². The molecular weight excluding hydrogens is 248 g/mol. The van der Waals surface area contributed by atoms with Gasteiger partial charge in [-0.1, -0.05) is 6.92 Å². The fourth-order valence-corrected chi connectivity index (χ4v) is 3.11. The summed E-state index contributed by atoms with van der Waals surface area (Å²) in [5.74, 6) is 1.78. The Kier molecular flexibility index (Phi) is 5.72. The molecule has 1 N–H and O–H groups in total. The predicted octanol–water partition coefficient (Wildman–Crippen LogP) is 3.30. The Morgan fingerprint density at radius 3 is 2.70 bits per heavy atom. The highest BCUT2D eigenvalue weighted by atomic mass is 16.5. The zero-order chi connectivity index (χ0) is 14.4. The van der Waals surface area contributed by atoms with Gasteiger partial charge in [-0.2, -0.15) is 0 Å². The SMILES string of the molecule is CCNC(C)CC1CCN(c2ccc(OCC)cc2)C1. The van der Waals surface area contributed by atoms with Gasteiger partial charge < -0.3 is 15.0 Å². The Labute approximate surface area is 123 Å². The van der Waals surface area contributed by atoms with E-state index in [0.29, 0.717) is 6.04 Å². The van der Waals surface area contributed by atoms with Gasteiger partial charge in [0.15, 0.2) is 0 Å². The first kappa shape index (κ1) is 15.2. The Bertz CT molecular complexity index is 390. The zero-order valence-corrected chi connectivity index (χ0v) is 13.1. The van der Waals surface area contributed by atoms with E-state index in [1.54, 1.807) is 0 Å². The van der Waals surface area contributed by atoms with Gasteiger partial charge in [0.1, 0.15) is 5.75 Å². The highest BCUT2D eigenvalue weighted by Gasteiger charge is 2.23. The van der Waals surface area contributed by atoms with Crippen molar-refractivity contribution in [2.24, 2.45) is 5.92 Å². The number of rotatable bonds is 7. The number of benzene rings is 1. The Morgan fingerprint density at radius 1 is 1.30 bits per heavy atom. The quantitative estimate of drug-likeness (QED) is 0.827. The summed E-state index contributed by atoms with van der Waals surface area (Å²) in [6, 6.07) is 9.15. The molecule has 0 spiro atoms. The zero-order valence-electron chi connectivity index (χ0n) is 13.1. The lowest BCUT2D eigenvalue weighted by Gasteiger charge is -2.20. The van der Waals surface area contributed by atoms with Gasteiger partial charge in [0.05, 0.1) is 6.61 Å². The van der Waals surface area contributed by atoms with Crippen molar-refractivity contribution >= 4 is 5.69 Å². The molecule has 0 aliphatic carbocycles. The Hall–Kier alpha value is -1.22. The van der Waals surface area contributed by atoms with Crippen LogP contribution >= 0.6 is 0 Å². The fraction of sp³-hybridized carbons (Fsp3) is 0.647. The third-order valence-electron chi connectivity index (χ3n) is 4.04. The smallest absolute Gasteiger partial charge is 0.119 e. The molecule has 3 heteroatoms. The molecule has 1 saturated heterocycles. The van der Waals surface area contributed by atoms with Gasteiger partial charge in [0.25, 0.3) is 0 Å². The Balaban J connectivity index is 1.85. The van der Waals surface area contributed by atoms with Gasteiger partial charge in [0.2, 0.25) is 0 Å². The van der Waals surface area contributed by atoms with Crippen LogP contribution in [0.1, 0.15) is 33.6 Å². The maximum absolute atomic E-state index is 5.50. The van der Waals surface area contributed by atoms with Crippen molar-refractivity contribution < 1.29 is 4.74 Å². The van der Waals surface area contributed by atoms with E-state index in [1.165, 1.54) is 31.6 Å². The summed E-state index contributed by atoms with van der Waals surface area (Å²) in [7, 11) is 0. The van der Waals surface area contributed by atoms with Gasteiger partial charge in [-0.25, -0.2) is 0 Å². The van der Waals surface area contributed by atoms with Crippen LogP contribution in [0.2, 0.25) is 0 Å². The van der Waals surface area contributed by atoms with E-state index in [9.17, 15) is 0 Å². The third kappa shape index (κ3) is 4.14. The van der Waals surface area contributed by atoms with Crippen molar-refractivity contribution in [1.29, 1.82) is 0 Å². The minimum atomic E-state index is 0.630. The first-order chi connectivity index (χ1) is 9.72. The summed E-state index contributed by atoms with van der Waals surface area (Å²) < 4.78 is 5.50. The van der Waals surface area contributed by atoms with Crippen molar-refractivity contribution in [2.45, 2.75) is 39.7 Å². The molecule has 1 aromatic carbocycles. The van der Waals surface area contributed by atoms with Crippen LogP contribution in [0.15, 0.2) is 24.3 Å². The molecule has 20 heavy (non-hydrogen) atoms. The van der Waals surface area contributed by atoms with E-state index in [0.717, 1.165) is 24.8 Å². The van der Waals surface area contributed by atoms with E-state index < -0.39 is 0 Å². The maximum atomic E-state index is 5.50. The van der Waals surface area contributed by atoms with Crippen LogP contribution in [-0.4, -0.2) is 32.3 Å². The molecule has 1 aliphatic heterocycles. The van der Waals surface area contributed by atoms with Gasteiger partial charge in [-0.15, -0.1) is 0 Å². The minimum Gasteiger partial charge on any atom is -0.494 e. The summed E-state index contributed by atoms with van der Waals surface area (Å²) in [4.78, 5) is 2.50. The van der Waals surface area contributed by atoms with E-state index in [4.69, 9.17) is 4.74 Å². The molecule has 0 radical (unpaired) electrons. The largest absolute Gasteiger partial charge is 0.494 e. The molecule has 1 aliphatic rings. The van der Waals surface area contributed by atoms with Crippen molar-refractivity contribution in [3.05, 3.63) is 24.3 Å². The van der Waals surface area contributed by atoms with Crippen LogP contribution in [0, 0.1) is 5.92 Å². The standard InChI is InChI=1S/C17H28N2O/c1-4-18-14(3)12-15-10-11-19(13-15)16-6-8-17(9-7-16)20-5-2/h6-9,14-15,18H,4-5,10-13H2,1-3H3. The predicted molar refractivity (Wildman–Crippen MR) is 85.7 cm³/mol. The molecule has 0 saturated carbocycles. The molecule has 112 valence electrons. The second-order valence-electron chi connectivity index (χ2n) is 5.72. The molecule has 1 heterocycles. The monoisotopic (exact) mass is 276 g/mol. The first-order valence-electron chi connectivity index (χ1n) is 7.94. The van der Waals surface area contributed by atoms with Crippen LogP contribution in [0.3, 0.4) is 0 Å². The second kappa shape index (κ2) is 7.53. The number of hydrogen-bond acceptors (Lipinski definition) is 3. The number of anilines is 1. The third-order valence-corrected chi connectivity index (χ3v) is 4.04. The van der Waals surface area contributed by atoms with Gasteiger partial charge in [0, 0.05) is 24.8 Å². The summed E-state index contributed by atoms with van der Waals surface area (Å²) >= 11 is 0. The van der Waals surface area contributed by atoms with E-state index in [1.807, 2.05) is 6.92 Å². The first-order valence-corrected chi connectivity index (χ1v) is 7.94. The molecule has 0 bridgehead atoms. The van der Waals surface area contributed by atoms with E-state index >= 15 is 0 Å². The number of nitrogens with zero attached hydrogens (tertiary/aromatic N) is 1. The van der Waals surface area contributed by atoms with Crippen molar-refractivity contribution in [2.75, 3.05) is 31.1 Å². The van der Waals surface area contributed by atoms with Crippen LogP contribution in [0.25, 0.3) is 0 Å². The molecule has 3 nitrogen and oxygen atoms in total. The van der Waals surface area contributed by atoms with Crippen molar-refractivity contribution in [3.63, 3.8) is 0 Å². The maximum Gasteiger partial charge on any atom is 0.119 e. The van der Waals surface area contributed by atoms with E-state index in [2.05, 4.69) is 48.3 Å². The molecule has 2 unspecified atom stereocenters. The van der Waals surface area contributed by atoms with Gasteiger partial charge in [-0.3, -0.25) is 0 Å². The summed E-state index contributed by atoms with van der Waals surface area (Å²) in [5.41, 5.74) is 1.33. The van der Waals surface area contributed by atoms with Crippen LogP contribution in [-0.2, 0) is 0 Å². The molecular formula is C17H28N2O. The molecule has 2 atom stereocenters. The summed E-state index contributed by atoms with van der Waals surface area (Å²) in [5, 5.41) is 3.51. The average molecular weight is 276 g/mol. The molecule has 1 fully saturated rings. The highest BCUT2D eigenvalue weighted by molar-refractivity contribution is 5.49. The summed E-state index contributed by atoms with van der Waals surface area (Å²) in [6.07, 6.45) is 2.59. The fourth-order valence-electron chi connectivity index (χ4n) is 3.11. The van der Waals surface area contributed by atoms with Crippen molar-refractivity contribution in [1.82, 2.24) is 5.32 Å². The molecule has 0 amide bonds. The number of hydrogen-bond donors (Lipinski definition) is 1. The average Bonchev–Trinajstić information content (AvgIpc) is 2.88. The van der Waals surface area contributed by atoms with Crippen LogP contribution < -0.4 is 15.0 Å². The van der Waals surface area contributed by atoms with E-state index in [-0.39, 0.29) is 0 Å². The highest BCUT2D eigenvalue weighted by Crippen LogP contribution is 2.27. The van der Waals surface area contributed by atoms with Crippen LogP contribution in [0.5, 0.6) is 5.75 Å². The lowest BCUT2D eigenvalue weighted by Crippen LogP contribution is -2.29. The van der Waals surface area contributed by atoms with Gasteiger partial charge in [-0.05, 0) is 63.4 Å². The minimum absolute atomic E-state index is 0.630. The molecule has 2 rings (SSSR count). The van der Waals surface area contributed by atoms with Gasteiger partial charge >= 0.3 is 0 Å². The lowest BCUT2D eigenvalue weighted by atomic mass is 10.0. The molecule has 0 aromatic heterocycles. The van der Waals surface area contributed by atoms with Crippen LogP contribution in [0.4, 0.5) is 5.69 Å². The summed E-state index contributed by atoms with van der Waals surface area (Å²) in [6.45, 7) is 10.6. The number of ether oxygens (including phenoxy) is 1. The molecule has 1 aromatic rings. The normalized spacial score (nSPS) is 20.1. The van der Waals surface area contributed by atoms with Crippen molar-refractivity contribution in [3.8, 4) is 5.75 Å². The second-order valence-corrected chi connectivity index (χ2v) is 5.72. The number of nitrogens with one attached hydrogen (secondary N) is 1. The lowest BCUT2D eigenvalue weighted by molar-refractivity contribution is 0.340. The Morgan fingerprint density at radius 2 is 2.05 bits per heavy atom.